The minimum atomic E-state index is 0.342. The second-order valence-corrected chi connectivity index (χ2v) is 5.52. The molecule has 100 valence electrons. The van der Waals surface area contributed by atoms with Crippen molar-refractivity contribution >= 4 is 15.9 Å². The third kappa shape index (κ3) is 2.81. The van der Waals surface area contributed by atoms with Gasteiger partial charge >= 0.3 is 0 Å². The van der Waals surface area contributed by atoms with E-state index >= 15 is 0 Å². The summed E-state index contributed by atoms with van der Waals surface area (Å²) in [6.45, 7) is 0. The average molecular weight is 314 g/mol. The average Bonchev–Trinajstić information content (AvgIpc) is 3.19. The van der Waals surface area contributed by atoms with Gasteiger partial charge in [-0.2, -0.15) is 0 Å². The quantitative estimate of drug-likeness (QED) is 0.871. The Morgan fingerprint density at radius 1 is 1.33 bits per heavy atom. The minimum Gasteiger partial charge on any atom is -0.495 e. The summed E-state index contributed by atoms with van der Waals surface area (Å²) in [4.78, 5) is 0. The van der Waals surface area contributed by atoms with Crippen molar-refractivity contribution in [1.82, 2.24) is 5.32 Å². The summed E-state index contributed by atoms with van der Waals surface area (Å²) in [5.74, 6) is 2.54. The molecule has 0 heterocycles. The number of ether oxygens (including phenoxy) is 2. The van der Waals surface area contributed by atoms with E-state index in [-0.39, 0.29) is 0 Å². The highest BCUT2D eigenvalue weighted by Gasteiger charge is 2.28. The van der Waals surface area contributed by atoms with Gasteiger partial charge in [0.15, 0.2) is 0 Å². The second-order valence-electron chi connectivity index (χ2n) is 4.72. The Balaban J connectivity index is 2.32. The summed E-state index contributed by atoms with van der Waals surface area (Å²) in [7, 11) is 5.37. The van der Waals surface area contributed by atoms with Gasteiger partial charge in [0.25, 0.3) is 0 Å². The minimum absolute atomic E-state index is 0.342. The highest BCUT2D eigenvalue weighted by Crippen LogP contribution is 2.43. The molecular formula is C14H20BrNO2. The Morgan fingerprint density at radius 3 is 2.56 bits per heavy atom. The number of halogens is 1. The predicted molar refractivity (Wildman–Crippen MR) is 76.4 cm³/mol. The van der Waals surface area contributed by atoms with Crippen molar-refractivity contribution in [3.8, 4) is 11.5 Å². The Labute approximate surface area is 117 Å². The van der Waals surface area contributed by atoms with Crippen LogP contribution in [0.15, 0.2) is 16.6 Å². The molecule has 0 aliphatic heterocycles. The number of benzene rings is 1. The van der Waals surface area contributed by atoms with Crippen LogP contribution in [0.2, 0.25) is 0 Å². The maximum absolute atomic E-state index is 5.54. The first kappa shape index (κ1) is 13.7. The van der Waals surface area contributed by atoms with E-state index in [4.69, 9.17) is 9.47 Å². The number of hydrogen-bond acceptors (Lipinski definition) is 3. The maximum Gasteiger partial charge on any atom is 0.141 e. The number of nitrogens with one attached hydrogen (secondary N) is 1. The molecule has 1 aromatic rings. The molecule has 1 aliphatic carbocycles. The second kappa shape index (κ2) is 5.93. The van der Waals surface area contributed by atoms with Gasteiger partial charge in [-0.3, -0.25) is 0 Å². The van der Waals surface area contributed by atoms with E-state index in [9.17, 15) is 0 Å². The van der Waals surface area contributed by atoms with Gasteiger partial charge in [-0.15, -0.1) is 0 Å². The first-order chi connectivity index (χ1) is 8.71. The predicted octanol–water partition coefficient (Wildman–Crippen LogP) is 3.53. The van der Waals surface area contributed by atoms with E-state index in [0.29, 0.717) is 6.04 Å². The van der Waals surface area contributed by atoms with Crippen molar-refractivity contribution in [1.29, 1.82) is 0 Å². The lowest BCUT2D eigenvalue weighted by atomic mass is 10.00. The molecule has 1 saturated carbocycles. The molecule has 1 aliphatic rings. The zero-order valence-corrected chi connectivity index (χ0v) is 12.7. The molecule has 3 nitrogen and oxygen atoms in total. The first-order valence-corrected chi connectivity index (χ1v) is 7.08. The van der Waals surface area contributed by atoms with Crippen molar-refractivity contribution in [3.05, 3.63) is 22.2 Å². The van der Waals surface area contributed by atoms with Gasteiger partial charge in [-0.25, -0.2) is 0 Å². The Morgan fingerprint density at radius 2 is 2.06 bits per heavy atom. The smallest absolute Gasteiger partial charge is 0.141 e. The van der Waals surface area contributed by atoms with Crippen LogP contribution in [-0.4, -0.2) is 21.3 Å². The van der Waals surface area contributed by atoms with Crippen molar-refractivity contribution in [2.24, 2.45) is 5.92 Å². The molecule has 0 bridgehead atoms. The zero-order chi connectivity index (χ0) is 13.1. The molecule has 1 aromatic carbocycles. The van der Waals surface area contributed by atoms with Crippen LogP contribution in [0, 0.1) is 5.92 Å². The van der Waals surface area contributed by atoms with Crippen LogP contribution in [0.5, 0.6) is 11.5 Å². The molecule has 0 radical (unpaired) electrons. The zero-order valence-electron chi connectivity index (χ0n) is 11.1. The van der Waals surface area contributed by atoms with Crippen molar-refractivity contribution in [2.75, 3.05) is 21.3 Å². The maximum atomic E-state index is 5.54. The van der Waals surface area contributed by atoms with E-state index in [2.05, 4.69) is 27.3 Å². The van der Waals surface area contributed by atoms with Crippen LogP contribution in [0.25, 0.3) is 0 Å². The molecular weight excluding hydrogens is 294 g/mol. The summed E-state index contributed by atoms with van der Waals surface area (Å²) in [5, 5.41) is 3.39. The Kier molecular flexibility index (Phi) is 4.51. The largest absolute Gasteiger partial charge is 0.495 e. The van der Waals surface area contributed by atoms with Crippen LogP contribution in [0.1, 0.15) is 30.9 Å². The van der Waals surface area contributed by atoms with Crippen molar-refractivity contribution in [3.63, 3.8) is 0 Å². The first-order valence-electron chi connectivity index (χ1n) is 6.28. The fraction of sp³-hybridized carbons (Fsp3) is 0.571. The molecule has 0 saturated heterocycles. The third-order valence-corrected chi connectivity index (χ3v) is 4.26. The lowest BCUT2D eigenvalue weighted by molar-refractivity contribution is 0.378. The van der Waals surface area contributed by atoms with Gasteiger partial charge in [-0.1, -0.05) is 12.8 Å². The normalized spacial score (nSPS) is 16.4. The molecule has 4 heteroatoms. The number of rotatable bonds is 6. The molecule has 1 fully saturated rings. The van der Waals surface area contributed by atoms with Gasteiger partial charge in [-0.05, 0) is 47.4 Å². The van der Waals surface area contributed by atoms with Gasteiger partial charge in [0.2, 0.25) is 0 Å². The van der Waals surface area contributed by atoms with E-state index in [1.54, 1.807) is 14.2 Å². The molecule has 0 amide bonds. The summed E-state index contributed by atoms with van der Waals surface area (Å²) < 4.78 is 11.7. The summed E-state index contributed by atoms with van der Waals surface area (Å²) in [5.41, 5.74) is 1.19. The number of hydrogen-bond donors (Lipinski definition) is 1. The molecule has 18 heavy (non-hydrogen) atoms. The van der Waals surface area contributed by atoms with E-state index in [1.807, 2.05) is 13.1 Å². The van der Waals surface area contributed by atoms with E-state index in [0.717, 1.165) is 21.9 Å². The van der Waals surface area contributed by atoms with Crippen LogP contribution < -0.4 is 14.8 Å². The van der Waals surface area contributed by atoms with Crippen LogP contribution >= 0.6 is 15.9 Å². The molecule has 2 rings (SSSR count). The van der Waals surface area contributed by atoms with Crippen LogP contribution in [0.3, 0.4) is 0 Å². The third-order valence-electron chi connectivity index (χ3n) is 3.51. The molecule has 1 unspecified atom stereocenters. The fourth-order valence-corrected chi connectivity index (χ4v) is 2.96. The topological polar surface area (TPSA) is 30.5 Å². The van der Waals surface area contributed by atoms with Crippen LogP contribution in [-0.2, 0) is 0 Å². The molecule has 1 N–H and O–H groups in total. The van der Waals surface area contributed by atoms with Gasteiger partial charge < -0.3 is 14.8 Å². The van der Waals surface area contributed by atoms with Crippen LogP contribution in [0.4, 0.5) is 0 Å². The summed E-state index contributed by atoms with van der Waals surface area (Å²) in [6.07, 6.45) is 3.89. The SMILES string of the molecule is CNC(CC1CC1)c1ccc(OC)c(Br)c1OC. The molecule has 0 spiro atoms. The Bertz CT molecular complexity index is 419. The lowest BCUT2D eigenvalue weighted by Crippen LogP contribution is -2.18. The van der Waals surface area contributed by atoms with Crippen molar-refractivity contribution < 1.29 is 9.47 Å². The summed E-state index contributed by atoms with van der Waals surface area (Å²) >= 11 is 3.55. The monoisotopic (exact) mass is 313 g/mol. The molecule has 0 aromatic heterocycles. The highest BCUT2D eigenvalue weighted by molar-refractivity contribution is 9.10. The van der Waals surface area contributed by atoms with Gasteiger partial charge in [0, 0.05) is 11.6 Å². The van der Waals surface area contributed by atoms with E-state index in [1.165, 1.54) is 24.8 Å². The van der Waals surface area contributed by atoms with E-state index < -0.39 is 0 Å². The lowest BCUT2D eigenvalue weighted by Gasteiger charge is -2.21. The fourth-order valence-electron chi connectivity index (χ4n) is 2.28. The highest BCUT2D eigenvalue weighted by atomic mass is 79.9. The van der Waals surface area contributed by atoms with Gasteiger partial charge in [0.05, 0.1) is 14.2 Å². The van der Waals surface area contributed by atoms with Gasteiger partial charge in [0.1, 0.15) is 16.0 Å². The van der Waals surface area contributed by atoms with Crippen molar-refractivity contribution in [2.45, 2.75) is 25.3 Å². The molecule has 1 atom stereocenters. The Hall–Kier alpha value is -0.740. The number of methoxy groups -OCH3 is 2. The standard InChI is InChI=1S/C14H20BrNO2/c1-16-11(8-9-4-5-9)10-6-7-12(17-2)13(15)14(10)18-3/h6-7,9,11,16H,4-5,8H2,1-3H3. The summed E-state index contributed by atoms with van der Waals surface area (Å²) in [6, 6.07) is 4.42.